The quantitative estimate of drug-likeness (QED) is 0.334. The number of nitrogens with zero attached hydrogens (tertiary/aromatic N) is 6. The molecule has 0 aliphatic carbocycles. The number of ether oxygens (including phenoxy) is 1. The Hall–Kier alpha value is -3.36. The second-order valence-electron chi connectivity index (χ2n) is 6.37. The molecule has 0 saturated heterocycles. The first kappa shape index (κ1) is 19.4. The number of rotatable bonds is 8. The fourth-order valence-corrected chi connectivity index (χ4v) is 2.90. The number of hydrogen-bond donors (Lipinski definition) is 0. The highest BCUT2D eigenvalue weighted by atomic mass is 16.5. The van der Waals surface area contributed by atoms with Crippen LogP contribution in [0.4, 0.5) is 0 Å². The molecule has 0 unspecified atom stereocenters. The van der Waals surface area contributed by atoms with Crippen LogP contribution in [0.15, 0.2) is 30.3 Å². The topological polar surface area (TPSA) is 105 Å². The largest absolute Gasteiger partial charge is 0.451 e. The summed E-state index contributed by atoms with van der Waals surface area (Å²) in [6, 6.07) is 9.41. The fraction of sp³-hybridized carbons (Fsp3) is 0.368. The van der Waals surface area contributed by atoms with Crippen LogP contribution in [-0.4, -0.2) is 41.7 Å². The van der Waals surface area contributed by atoms with Gasteiger partial charge in [0.15, 0.2) is 12.4 Å². The van der Waals surface area contributed by atoms with E-state index in [0.29, 0.717) is 23.8 Å². The normalized spacial score (nSPS) is 10.8. The molecule has 0 aliphatic heterocycles. The molecule has 2 aromatic heterocycles. The first-order valence-corrected chi connectivity index (χ1v) is 9.11. The van der Waals surface area contributed by atoms with Crippen LogP contribution >= 0.6 is 0 Å². The average molecular weight is 382 g/mol. The average Bonchev–Trinajstić information content (AvgIpc) is 3.28. The summed E-state index contributed by atoms with van der Waals surface area (Å²) in [5.41, 5.74) is 2.11. The number of hydrogen-bond acceptors (Lipinski definition) is 7. The van der Waals surface area contributed by atoms with Gasteiger partial charge in [-0.2, -0.15) is 5.10 Å². The Balaban J connectivity index is 1.73. The summed E-state index contributed by atoms with van der Waals surface area (Å²) in [5.74, 6) is -1.28. The molecular weight excluding hydrogens is 360 g/mol. The predicted octanol–water partition coefficient (Wildman–Crippen LogP) is 2.20. The first-order chi connectivity index (χ1) is 13.5. The molecule has 0 atom stereocenters. The zero-order chi connectivity index (χ0) is 20.1. The van der Waals surface area contributed by atoms with Crippen molar-refractivity contribution in [1.29, 1.82) is 0 Å². The van der Waals surface area contributed by atoms with Gasteiger partial charge < -0.3 is 4.74 Å². The van der Waals surface area contributed by atoms with Crippen molar-refractivity contribution in [2.24, 2.45) is 0 Å². The van der Waals surface area contributed by atoms with Crippen LogP contribution < -0.4 is 0 Å². The minimum Gasteiger partial charge on any atom is -0.451 e. The highest BCUT2D eigenvalue weighted by Gasteiger charge is 2.26. The molecule has 3 aromatic rings. The van der Waals surface area contributed by atoms with Gasteiger partial charge in [-0.1, -0.05) is 31.5 Å². The molecule has 3 rings (SSSR count). The maximum absolute atomic E-state index is 12.7. The third kappa shape index (κ3) is 3.98. The summed E-state index contributed by atoms with van der Waals surface area (Å²) in [6.45, 7) is 5.97. The molecule has 0 amide bonds. The van der Waals surface area contributed by atoms with Crippen LogP contribution in [0.3, 0.4) is 0 Å². The van der Waals surface area contributed by atoms with Gasteiger partial charge in [-0.3, -0.25) is 4.79 Å². The van der Waals surface area contributed by atoms with Gasteiger partial charge in [-0.25, -0.2) is 14.2 Å². The second kappa shape index (κ2) is 8.55. The van der Waals surface area contributed by atoms with Crippen molar-refractivity contribution in [3.05, 3.63) is 53.1 Å². The van der Waals surface area contributed by atoms with E-state index in [-0.39, 0.29) is 12.2 Å². The van der Waals surface area contributed by atoms with Crippen LogP contribution in [0.1, 0.15) is 47.3 Å². The van der Waals surface area contributed by atoms with E-state index in [0.717, 1.165) is 18.5 Å². The Morgan fingerprint density at radius 3 is 2.61 bits per heavy atom. The zero-order valence-electron chi connectivity index (χ0n) is 16.1. The molecule has 0 fully saturated rings. The number of carbonyl (C=O) groups excluding carboxylic acids is 2. The van der Waals surface area contributed by atoms with Crippen molar-refractivity contribution in [3.63, 3.8) is 0 Å². The van der Waals surface area contributed by atoms with E-state index < -0.39 is 11.8 Å². The van der Waals surface area contributed by atoms with Crippen LogP contribution in [0.25, 0.3) is 5.69 Å². The predicted molar refractivity (Wildman–Crippen MR) is 99.9 cm³/mol. The van der Waals surface area contributed by atoms with Crippen molar-refractivity contribution in [1.82, 2.24) is 30.0 Å². The molecule has 2 heterocycles. The van der Waals surface area contributed by atoms with Crippen LogP contribution in [0.5, 0.6) is 0 Å². The van der Waals surface area contributed by atoms with Crippen molar-refractivity contribution in [2.75, 3.05) is 0 Å². The van der Waals surface area contributed by atoms with Gasteiger partial charge in [0.25, 0.3) is 5.78 Å². The smallest absolute Gasteiger partial charge is 0.380 e. The van der Waals surface area contributed by atoms with Gasteiger partial charge in [0, 0.05) is 6.54 Å². The van der Waals surface area contributed by atoms with E-state index in [2.05, 4.69) is 27.5 Å². The lowest BCUT2D eigenvalue weighted by Crippen LogP contribution is -2.20. The Bertz CT molecular complexity index is 977. The maximum Gasteiger partial charge on any atom is 0.380 e. The number of esters is 1. The number of carbonyl (C=O) groups is 2. The molecule has 0 N–H and O–H groups in total. The summed E-state index contributed by atoms with van der Waals surface area (Å²) >= 11 is 0. The van der Waals surface area contributed by atoms with E-state index in [4.69, 9.17) is 4.74 Å². The SMILES string of the molecule is CCCCn1nnnc1COC(=O)C(=O)c1c(C)nn(-c2ccccc2)c1C. The minimum atomic E-state index is -0.955. The Labute approximate surface area is 162 Å². The number of aryl methyl sites for hydroxylation is 2. The number of benzene rings is 1. The van der Waals surface area contributed by atoms with E-state index >= 15 is 0 Å². The van der Waals surface area contributed by atoms with Crippen molar-refractivity contribution >= 4 is 11.8 Å². The fourth-order valence-electron chi connectivity index (χ4n) is 2.90. The lowest BCUT2D eigenvalue weighted by Gasteiger charge is -2.06. The Kier molecular flexibility index (Phi) is 5.93. The first-order valence-electron chi connectivity index (χ1n) is 9.11. The minimum absolute atomic E-state index is 0.161. The lowest BCUT2D eigenvalue weighted by molar-refractivity contribution is -0.139. The summed E-state index contributed by atoms with van der Waals surface area (Å²) < 4.78 is 8.37. The van der Waals surface area contributed by atoms with Gasteiger partial charge in [0.05, 0.1) is 22.6 Å². The van der Waals surface area contributed by atoms with E-state index in [1.54, 1.807) is 23.2 Å². The third-order valence-corrected chi connectivity index (χ3v) is 4.37. The van der Waals surface area contributed by atoms with E-state index in [1.807, 2.05) is 30.3 Å². The van der Waals surface area contributed by atoms with Crippen LogP contribution in [-0.2, 0) is 22.7 Å². The van der Waals surface area contributed by atoms with Crippen molar-refractivity contribution in [3.8, 4) is 5.69 Å². The monoisotopic (exact) mass is 382 g/mol. The number of unbranched alkanes of at least 4 members (excludes halogenated alkanes) is 1. The summed E-state index contributed by atoms with van der Waals surface area (Å²) in [5, 5.41) is 15.7. The molecule has 0 saturated carbocycles. The molecule has 0 radical (unpaired) electrons. The molecule has 9 heteroatoms. The number of ketones is 1. The third-order valence-electron chi connectivity index (χ3n) is 4.37. The highest BCUT2D eigenvalue weighted by molar-refractivity contribution is 6.41. The molecule has 28 heavy (non-hydrogen) atoms. The molecule has 0 aliphatic rings. The Morgan fingerprint density at radius 2 is 1.89 bits per heavy atom. The standard InChI is InChI=1S/C19H22N6O3/c1-4-5-11-24-16(20-22-23-24)12-28-19(27)18(26)17-13(2)21-25(14(17)3)15-9-7-6-8-10-15/h6-10H,4-5,11-12H2,1-3H3. The van der Waals surface area contributed by atoms with Gasteiger partial charge >= 0.3 is 5.97 Å². The van der Waals surface area contributed by atoms with Gasteiger partial charge in [0.1, 0.15) is 0 Å². The Morgan fingerprint density at radius 1 is 1.14 bits per heavy atom. The molecular formula is C19H22N6O3. The molecule has 146 valence electrons. The molecule has 0 bridgehead atoms. The summed E-state index contributed by atoms with van der Waals surface area (Å²) in [4.78, 5) is 25.0. The summed E-state index contributed by atoms with van der Waals surface area (Å²) in [7, 11) is 0. The number of para-hydroxylation sites is 1. The van der Waals surface area contributed by atoms with Gasteiger partial charge in [-0.15, -0.1) is 5.10 Å². The highest BCUT2D eigenvalue weighted by Crippen LogP contribution is 2.19. The lowest BCUT2D eigenvalue weighted by atomic mass is 10.1. The molecule has 0 spiro atoms. The van der Waals surface area contributed by atoms with E-state index in [9.17, 15) is 9.59 Å². The van der Waals surface area contributed by atoms with Crippen molar-refractivity contribution < 1.29 is 14.3 Å². The number of aromatic nitrogens is 6. The van der Waals surface area contributed by atoms with Gasteiger partial charge in [0.2, 0.25) is 0 Å². The van der Waals surface area contributed by atoms with E-state index in [1.165, 1.54) is 0 Å². The summed E-state index contributed by atoms with van der Waals surface area (Å²) in [6.07, 6.45) is 1.89. The second-order valence-corrected chi connectivity index (χ2v) is 6.37. The number of Topliss-reactive ketones (excluding diaryl/α,β-unsaturated/α-hetero) is 1. The van der Waals surface area contributed by atoms with Crippen molar-refractivity contribution in [2.45, 2.75) is 46.8 Å². The number of tetrazole rings is 1. The van der Waals surface area contributed by atoms with Crippen LogP contribution in [0.2, 0.25) is 0 Å². The molecule has 9 nitrogen and oxygen atoms in total. The molecule has 1 aromatic carbocycles. The maximum atomic E-state index is 12.7. The van der Waals surface area contributed by atoms with Crippen LogP contribution in [0, 0.1) is 13.8 Å². The van der Waals surface area contributed by atoms with Gasteiger partial charge in [-0.05, 0) is 42.8 Å². The zero-order valence-corrected chi connectivity index (χ0v) is 16.1.